The van der Waals surface area contributed by atoms with Crippen LogP contribution >= 0.6 is 0 Å². The summed E-state index contributed by atoms with van der Waals surface area (Å²) in [5, 5.41) is 0. The van der Waals surface area contributed by atoms with Gasteiger partial charge in [-0.2, -0.15) is 0 Å². The van der Waals surface area contributed by atoms with Crippen molar-refractivity contribution in [2.45, 2.75) is 20.8 Å². The third kappa shape index (κ3) is 8.21. The second-order valence-electron chi connectivity index (χ2n) is 2.77. The summed E-state index contributed by atoms with van der Waals surface area (Å²) < 4.78 is 4.32. The molecule has 3 nitrogen and oxygen atoms in total. The van der Waals surface area contributed by atoms with E-state index < -0.39 is 11.9 Å². The molecule has 0 saturated carbocycles. The first-order chi connectivity index (χ1) is 8.18. The van der Waals surface area contributed by atoms with Gasteiger partial charge in [-0.3, -0.25) is 4.79 Å². The Bertz CT molecular complexity index is 422. The first-order valence-electron chi connectivity index (χ1n) is 5.38. The molecule has 0 aromatic heterocycles. The fourth-order valence-electron chi connectivity index (χ4n) is 0.921. The molecule has 0 N–H and O–H groups in total. The van der Waals surface area contributed by atoms with Crippen LogP contribution in [-0.2, 0) is 14.3 Å². The molecule has 0 aliphatic heterocycles. The fraction of sp³-hybridized carbons (Fsp3) is 0.214. The Balaban J connectivity index is 0. The first-order valence-corrected chi connectivity index (χ1v) is 5.38. The van der Waals surface area contributed by atoms with E-state index in [2.05, 4.69) is 10.5 Å². The first kappa shape index (κ1) is 17.3. The molecular formula is C14H16O3Rf. The van der Waals surface area contributed by atoms with Crippen LogP contribution in [-0.4, -0.2) is 11.9 Å². The molecule has 0 heterocycles. The van der Waals surface area contributed by atoms with Crippen LogP contribution in [0.25, 0.3) is 0 Å². The van der Waals surface area contributed by atoms with Gasteiger partial charge in [0, 0.05) is 13.0 Å². The number of ether oxygens (including phenoxy) is 1. The summed E-state index contributed by atoms with van der Waals surface area (Å²) in [7, 11) is 0. The van der Waals surface area contributed by atoms with E-state index in [0.717, 1.165) is 5.57 Å². The summed E-state index contributed by atoms with van der Waals surface area (Å²) in [5.41, 5.74) is 3.71. The number of carbonyl (C=O) groups is 2. The van der Waals surface area contributed by atoms with E-state index in [1.54, 1.807) is 30.4 Å². The summed E-state index contributed by atoms with van der Waals surface area (Å²) in [6.45, 7) is 5.18. The van der Waals surface area contributed by atoms with E-state index >= 15 is 0 Å². The molecule has 0 unspecified atom stereocenters. The number of esters is 2. The quantitative estimate of drug-likeness (QED) is 0.254. The van der Waals surface area contributed by atoms with Crippen LogP contribution in [0.4, 0.5) is 0 Å². The van der Waals surface area contributed by atoms with Crippen LogP contribution in [0.2, 0.25) is 0 Å². The summed E-state index contributed by atoms with van der Waals surface area (Å²) in [5.74, 6) is -1.28. The summed E-state index contributed by atoms with van der Waals surface area (Å²) >= 11 is 0. The van der Waals surface area contributed by atoms with Crippen molar-refractivity contribution in [3.05, 3.63) is 53.8 Å². The second kappa shape index (κ2) is 10.4. The number of hydrogen-bond donors (Lipinski definition) is 0. The average Bonchev–Trinajstić information content (AvgIpc) is 2.56. The topological polar surface area (TPSA) is 43.4 Å². The Labute approximate surface area is 101 Å². The Morgan fingerprint density at radius 2 is 1.94 bits per heavy atom. The summed E-state index contributed by atoms with van der Waals surface area (Å²) in [6, 6.07) is 0. The number of allylic oxidation sites excluding steroid dienone is 6. The number of hydrogen-bond acceptors (Lipinski definition) is 3. The van der Waals surface area contributed by atoms with Crippen molar-refractivity contribution in [1.82, 2.24) is 0 Å². The van der Waals surface area contributed by atoms with Crippen molar-refractivity contribution in [3.63, 3.8) is 0 Å². The summed E-state index contributed by atoms with van der Waals surface area (Å²) in [6.07, 6.45) is 11.7. The maximum atomic E-state index is 11.0. The van der Waals surface area contributed by atoms with Gasteiger partial charge in [0.05, 0.1) is 0 Å². The SMILES string of the molecule is CC.CC(=O)OC(=O)/C=C/C1=CC=C=CC=C1.[Rf]. The van der Waals surface area contributed by atoms with Crippen molar-refractivity contribution < 1.29 is 14.3 Å². The van der Waals surface area contributed by atoms with E-state index in [9.17, 15) is 9.59 Å². The maximum absolute atomic E-state index is 11.0. The zero-order chi connectivity index (χ0) is 13.1. The standard InChI is InChI=1S/C12H10O3.C2H6.Rf/c1-10(13)15-12(14)9-8-11-6-4-2-3-5-7-11;1-2;/h2,4-9H,1H3;1-2H3;/b9-8+;;. The van der Waals surface area contributed by atoms with E-state index in [-0.39, 0.29) is 0 Å². The average molecular weight is 499 g/mol. The number of carbonyl (C=O) groups excluding carboxylic acids is 2. The third-order valence-corrected chi connectivity index (χ3v) is 1.51. The van der Waals surface area contributed by atoms with Gasteiger partial charge in [0.15, 0.2) is 0 Å². The minimum Gasteiger partial charge on any atom is -0.390 e. The van der Waals surface area contributed by atoms with Crippen LogP contribution in [0.3, 0.4) is 0 Å². The predicted molar refractivity (Wildman–Crippen MR) is 67.1 cm³/mol. The van der Waals surface area contributed by atoms with Crippen molar-refractivity contribution in [2.24, 2.45) is 0 Å². The smallest absolute Gasteiger partial charge is 0.338 e. The third-order valence-electron chi connectivity index (χ3n) is 1.51. The molecule has 0 fully saturated rings. The molecular weight excluding hydrogens is 483 g/mol. The molecule has 0 saturated heterocycles. The molecule has 0 bridgehead atoms. The van der Waals surface area contributed by atoms with E-state index in [0.29, 0.717) is 0 Å². The minimum absolute atomic E-state index is 0. The molecule has 4 heteroatoms. The van der Waals surface area contributed by atoms with Crippen molar-refractivity contribution >= 4 is 11.9 Å². The van der Waals surface area contributed by atoms with Gasteiger partial charge in [0.2, 0.25) is 0 Å². The molecule has 0 aromatic carbocycles. The maximum Gasteiger partial charge on any atom is 0.338 e. The predicted octanol–water partition coefficient (Wildman–Crippen LogP) is 2.87. The van der Waals surface area contributed by atoms with Crippen LogP contribution in [0.5, 0.6) is 0 Å². The molecule has 0 radical (unpaired) electrons. The molecule has 1 aliphatic rings. The van der Waals surface area contributed by atoms with Crippen LogP contribution in [0.1, 0.15) is 20.8 Å². The molecule has 18 heavy (non-hydrogen) atoms. The molecule has 0 spiro atoms. The Morgan fingerprint density at radius 3 is 2.56 bits per heavy atom. The van der Waals surface area contributed by atoms with E-state index in [1.807, 2.05) is 19.9 Å². The van der Waals surface area contributed by atoms with Gasteiger partial charge < -0.3 is 4.74 Å². The minimum atomic E-state index is -0.669. The molecule has 0 aromatic rings. The number of rotatable bonds is 2. The Kier molecular flexibility index (Phi) is 9.98. The van der Waals surface area contributed by atoms with Crippen molar-refractivity contribution in [3.8, 4) is 0 Å². The van der Waals surface area contributed by atoms with Crippen LogP contribution < -0.4 is 0 Å². The van der Waals surface area contributed by atoms with Gasteiger partial charge >= 0.3 is 11.9 Å². The van der Waals surface area contributed by atoms with Crippen molar-refractivity contribution in [1.29, 1.82) is 0 Å². The molecule has 1 rings (SSSR count). The molecule has 1 aliphatic carbocycles. The largest absolute Gasteiger partial charge is 0.390 e. The van der Waals surface area contributed by atoms with Gasteiger partial charge in [-0.15, -0.1) is 5.73 Å². The second-order valence-corrected chi connectivity index (χ2v) is 2.77. The monoisotopic (exact) mass is 499 g/mol. The Morgan fingerprint density at radius 1 is 1.28 bits per heavy atom. The summed E-state index contributed by atoms with van der Waals surface area (Å²) in [4.78, 5) is 21.4. The van der Waals surface area contributed by atoms with Gasteiger partial charge in [-0.1, -0.05) is 26.0 Å². The van der Waals surface area contributed by atoms with E-state index in [4.69, 9.17) is 0 Å². The van der Waals surface area contributed by atoms with E-state index in [1.165, 1.54) is 13.0 Å². The zero-order valence-corrected chi connectivity index (χ0v) is 17.4. The zero-order valence-electron chi connectivity index (χ0n) is 11.0. The molecule has 0 amide bonds. The van der Waals surface area contributed by atoms with Crippen LogP contribution in [0, 0.1) is 0 Å². The van der Waals surface area contributed by atoms with Crippen molar-refractivity contribution in [2.75, 3.05) is 0 Å². The van der Waals surface area contributed by atoms with Gasteiger partial charge in [-0.05, 0) is 29.9 Å². The van der Waals surface area contributed by atoms with Gasteiger partial charge in [-0.25, -0.2) is 4.79 Å². The fourth-order valence-corrected chi connectivity index (χ4v) is 0.921. The molecule has 0 atom stereocenters. The molecule has 92 valence electrons. The normalized spacial score (nSPS) is 11.8. The van der Waals surface area contributed by atoms with Gasteiger partial charge in [0.25, 0.3) is 0 Å². The van der Waals surface area contributed by atoms with Crippen LogP contribution in [0.15, 0.2) is 53.8 Å². The van der Waals surface area contributed by atoms with Gasteiger partial charge in [0.1, 0.15) is 0 Å². The Hall–Kier alpha value is -3.12.